The maximum absolute atomic E-state index is 11.0. The van der Waals surface area contributed by atoms with Gasteiger partial charge in [0.25, 0.3) is 0 Å². The van der Waals surface area contributed by atoms with Crippen molar-refractivity contribution in [2.75, 3.05) is 7.11 Å². The Morgan fingerprint density at radius 1 is 1.50 bits per heavy atom. The van der Waals surface area contributed by atoms with Crippen LogP contribution < -0.4 is 4.74 Å². The molecule has 2 rings (SSSR count). The summed E-state index contributed by atoms with van der Waals surface area (Å²) in [5.41, 5.74) is 1.91. The minimum absolute atomic E-state index is 0.418. The van der Waals surface area contributed by atoms with Crippen LogP contribution in [0.25, 0.3) is 11.3 Å². The molecule has 1 aromatic carbocycles. The summed E-state index contributed by atoms with van der Waals surface area (Å²) < 4.78 is 6.19. The van der Waals surface area contributed by atoms with Crippen molar-refractivity contribution >= 4 is 22.0 Å². The Bertz CT molecular complexity index is 580. The molecule has 94 valence electrons. The highest BCUT2D eigenvalue weighted by Gasteiger charge is 2.15. The third-order valence-electron chi connectivity index (χ3n) is 2.48. The Morgan fingerprint density at radius 2 is 2.22 bits per heavy atom. The summed E-state index contributed by atoms with van der Waals surface area (Å²) in [7, 11) is 1.57. The van der Waals surface area contributed by atoms with Crippen LogP contribution in [0.5, 0.6) is 5.75 Å². The molecule has 0 fully saturated rings. The Hall–Kier alpha value is -1.82. The van der Waals surface area contributed by atoms with Gasteiger partial charge in [0.05, 0.1) is 18.5 Å². The van der Waals surface area contributed by atoms with E-state index in [1.165, 1.54) is 0 Å². The molecule has 0 aliphatic heterocycles. The number of rotatable bonds is 3. The average molecular weight is 311 g/mol. The van der Waals surface area contributed by atoms with Gasteiger partial charge in [-0.15, -0.1) is 0 Å². The average Bonchev–Trinajstić information content (AvgIpc) is 2.82. The maximum Gasteiger partial charge on any atom is 0.432 e. The van der Waals surface area contributed by atoms with Gasteiger partial charge in [-0.05, 0) is 18.2 Å². The van der Waals surface area contributed by atoms with Crippen molar-refractivity contribution in [3.63, 3.8) is 0 Å². The number of aromatic nitrogens is 2. The van der Waals surface area contributed by atoms with E-state index in [0.717, 1.165) is 10.2 Å². The minimum atomic E-state index is -1.11. The third kappa shape index (κ3) is 2.24. The summed E-state index contributed by atoms with van der Waals surface area (Å²) >= 11 is 3.24. The smallest absolute Gasteiger partial charge is 0.432 e. The van der Waals surface area contributed by atoms with E-state index >= 15 is 0 Å². The fourth-order valence-electron chi connectivity index (χ4n) is 1.67. The summed E-state index contributed by atoms with van der Waals surface area (Å²) in [6.07, 6.45) is -1.11. The van der Waals surface area contributed by atoms with Crippen LogP contribution >= 0.6 is 15.9 Å². The zero-order valence-corrected chi connectivity index (χ0v) is 11.2. The van der Waals surface area contributed by atoms with Crippen LogP contribution in [0, 0.1) is 0 Å². The van der Waals surface area contributed by atoms with E-state index < -0.39 is 6.09 Å². The van der Waals surface area contributed by atoms with Crippen molar-refractivity contribution in [2.24, 2.45) is 0 Å². The van der Waals surface area contributed by atoms with Gasteiger partial charge in [-0.3, -0.25) is 0 Å². The van der Waals surface area contributed by atoms with Gasteiger partial charge in [0.2, 0.25) is 0 Å². The largest absolute Gasteiger partial charge is 0.496 e. The molecular weight excluding hydrogens is 300 g/mol. The molecule has 0 amide bonds. The van der Waals surface area contributed by atoms with Crippen LogP contribution in [0.3, 0.4) is 0 Å². The van der Waals surface area contributed by atoms with E-state index in [9.17, 15) is 4.79 Å². The second-order valence-corrected chi connectivity index (χ2v) is 4.11. The molecule has 0 atom stereocenters. The SMILES string of the molecule is COc1ccccc1-c1cc(CBr)n(C(=O)O)n1. The molecule has 5 nitrogen and oxygen atoms in total. The summed E-state index contributed by atoms with van der Waals surface area (Å²) in [6, 6.07) is 9.07. The van der Waals surface area contributed by atoms with Crippen LogP contribution in [0.2, 0.25) is 0 Å². The van der Waals surface area contributed by atoms with Gasteiger partial charge >= 0.3 is 6.09 Å². The van der Waals surface area contributed by atoms with Crippen molar-refractivity contribution in [3.8, 4) is 17.0 Å². The van der Waals surface area contributed by atoms with Crippen LogP contribution in [0.15, 0.2) is 30.3 Å². The van der Waals surface area contributed by atoms with Crippen molar-refractivity contribution < 1.29 is 14.6 Å². The van der Waals surface area contributed by atoms with Crippen LogP contribution in [0.1, 0.15) is 5.69 Å². The highest BCUT2D eigenvalue weighted by molar-refractivity contribution is 9.08. The van der Waals surface area contributed by atoms with Crippen LogP contribution in [-0.2, 0) is 5.33 Å². The number of methoxy groups -OCH3 is 1. The molecule has 0 saturated heterocycles. The molecule has 0 radical (unpaired) electrons. The molecule has 1 aromatic heterocycles. The molecule has 6 heteroatoms. The molecule has 0 saturated carbocycles. The maximum atomic E-state index is 11.0. The van der Waals surface area contributed by atoms with E-state index in [1.807, 2.05) is 24.3 Å². The molecule has 0 unspecified atom stereocenters. The third-order valence-corrected chi connectivity index (χ3v) is 3.06. The second kappa shape index (κ2) is 5.22. The summed E-state index contributed by atoms with van der Waals surface area (Å²) in [4.78, 5) is 11.0. The topological polar surface area (TPSA) is 64.3 Å². The normalized spacial score (nSPS) is 10.3. The molecule has 2 aromatic rings. The molecule has 0 bridgehead atoms. The lowest BCUT2D eigenvalue weighted by Crippen LogP contribution is -2.12. The minimum Gasteiger partial charge on any atom is -0.496 e. The first kappa shape index (κ1) is 12.6. The van der Waals surface area contributed by atoms with Crippen LogP contribution in [-0.4, -0.2) is 28.1 Å². The number of carbonyl (C=O) groups is 1. The van der Waals surface area contributed by atoms with Gasteiger partial charge < -0.3 is 9.84 Å². The molecule has 18 heavy (non-hydrogen) atoms. The van der Waals surface area contributed by atoms with Crippen molar-refractivity contribution in [3.05, 3.63) is 36.0 Å². The zero-order chi connectivity index (χ0) is 13.1. The van der Waals surface area contributed by atoms with E-state index in [2.05, 4.69) is 21.0 Å². The first-order valence-electron chi connectivity index (χ1n) is 5.19. The fraction of sp³-hybridized carbons (Fsp3) is 0.167. The van der Waals surface area contributed by atoms with Gasteiger partial charge in [-0.2, -0.15) is 9.78 Å². The van der Waals surface area contributed by atoms with E-state index in [-0.39, 0.29) is 0 Å². The lowest BCUT2D eigenvalue weighted by Gasteiger charge is -2.04. The predicted octanol–water partition coefficient (Wildman–Crippen LogP) is 2.98. The Labute approximate surface area is 112 Å². The van der Waals surface area contributed by atoms with Gasteiger partial charge in [0, 0.05) is 10.9 Å². The molecule has 0 aliphatic carbocycles. The van der Waals surface area contributed by atoms with Crippen molar-refractivity contribution in [2.45, 2.75) is 5.33 Å². The lowest BCUT2D eigenvalue weighted by molar-refractivity contribution is 0.192. The first-order valence-corrected chi connectivity index (χ1v) is 6.31. The Kier molecular flexibility index (Phi) is 3.66. The Morgan fingerprint density at radius 3 is 2.78 bits per heavy atom. The Balaban J connectivity index is 2.54. The number of carboxylic acid groups (broad SMARTS) is 1. The number of nitrogens with zero attached hydrogens (tertiary/aromatic N) is 2. The van der Waals surface area contributed by atoms with Crippen molar-refractivity contribution in [1.82, 2.24) is 9.78 Å². The molecular formula is C12H11BrN2O3. The van der Waals surface area contributed by atoms with E-state index in [4.69, 9.17) is 9.84 Å². The highest BCUT2D eigenvalue weighted by Crippen LogP contribution is 2.29. The number of hydrogen-bond donors (Lipinski definition) is 1. The number of hydrogen-bond acceptors (Lipinski definition) is 3. The van der Waals surface area contributed by atoms with E-state index in [0.29, 0.717) is 22.5 Å². The number of benzene rings is 1. The lowest BCUT2D eigenvalue weighted by atomic mass is 10.1. The molecule has 0 spiro atoms. The molecule has 1 heterocycles. The summed E-state index contributed by atoms with van der Waals surface area (Å²) in [5, 5.41) is 13.5. The van der Waals surface area contributed by atoms with Gasteiger partial charge in [0.15, 0.2) is 0 Å². The number of ether oxygens (including phenoxy) is 1. The predicted molar refractivity (Wildman–Crippen MR) is 70.3 cm³/mol. The quantitative estimate of drug-likeness (QED) is 0.885. The van der Waals surface area contributed by atoms with Gasteiger partial charge in [-0.1, -0.05) is 28.1 Å². The number of para-hydroxylation sites is 1. The standard InChI is InChI=1S/C12H11BrN2O3/c1-18-11-5-3-2-4-9(11)10-6-8(7-13)15(14-10)12(16)17/h2-6H,7H2,1H3,(H,16,17). The second-order valence-electron chi connectivity index (χ2n) is 3.55. The van der Waals surface area contributed by atoms with Gasteiger partial charge in [0.1, 0.15) is 5.75 Å². The molecule has 1 N–H and O–H groups in total. The zero-order valence-electron chi connectivity index (χ0n) is 9.63. The first-order chi connectivity index (χ1) is 8.67. The monoisotopic (exact) mass is 310 g/mol. The van der Waals surface area contributed by atoms with Gasteiger partial charge in [-0.25, -0.2) is 4.79 Å². The number of halogens is 1. The highest BCUT2D eigenvalue weighted by atomic mass is 79.9. The summed E-state index contributed by atoms with van der Waals surface area (Å²) in [5.74, 6) is 0.661. The van der Waals surface area contributed by atoms with Crippen molar-refractivity contribution in [1.29, 1.82) is 0 Å². The fourth-order valence-corrected chi connectivity index (χ4v) is 2.07. The number of alkyl halides is 1. The summed E-state index contributed by atoms with van der Waals surface area (Å²) in [6.45, 7) is 0. The van der Waals surface area contributed by atoms with Crippen LogP contribution in [0.4, 0.5) is 4.79 Å². The molecule has 0 aliphatic rings. The van der Waals surface area contributed by atoms with E-state index in [1.54, 1.807) is 13.2 Å².